The van der Waals surface area contributed by atoms with Crippen LogP contribution in [-0.4, -0.2) is 30.1 Å². The normalized spacial score (nSPS) is 12.9. The molecule has 8 heteroatoms. The molecular weight excluding hydrogens is 492 g/mol. The summed E-state index contributed by atoms with van der Waals surface area (Å²) in [7, 11) is -3.84. The third kappa shape index (κ3) is 5.17. The molecular formula is C24H25BrN2O4S. The zero-order chi connectivity index (χ0) is 23.7. The minimum absolute atomic E-state index is 0.187. The Hall–Kier alpha value is -2.76. The SMILES string of the molecule is C#C[C@@H](Cc1cn(S(=O)(=O)c2ccc(C)cc2)c2cccc(Br)c12)NC(=O)OC(C)(C)C. The first-order valence-electron chi connectivity index (χ1n) is 9.99. The van der Waals surface area contributed by atoms with Crippen molar-refractivity contribution in [2.45, 2.75) is 50.7 Å². The van der Waals surface area contributed by atoms with Gasteiger partial charge < -0.3 is 10.1 Å². The number of rotatable bonds is 5. The highest BCUT2D eigenvalue weighted by Crippen LogP contribution is 2.32. The van der Waals surface area contributed by atoms with Gasteiger partial charge in [0.05, 0.1) is 16.5 Å². The van der Waals surface area contributed by atoms with Gasteiger partial charge in [-0.05, 0) is 57.5 Å². The molecule has 3 rings (SSSR count). The summed E-state index contributed by atoms with van der Waals surface area (Å²) < 4.78 is 34.1. The fourth-order valence-electron chi connectivity index (χ4n) is 3.29. The van der Waals surface area contributed by atoms with Crippen LogP contribution in [0.15, 0.2) is 58.0 Å². The van der Waals surface area contributed by atoms with E-state index in [0.717, 1.165) is 15.4 Å². The second-order valence-electron chi connectivity index (χ2n) is 8.47. The molecule has 1 heterocycles. The van der Waals surface area contributed by atoms with Crippen LogP contribution in [0.5, 0.6) is 0 Å². The maximum Gasteiger partial charge on any atom is 0.408 e. The smallest absolute Gasteiger partial charge is 0.408 e. The van der Waals surface area contributed by atoms with E-state index in [4.69, 9.17) is 11.2 Å². The van der Waals surface area contributed by atoms with E-state index in [2.05, 4.69) is 27.2 Å². The van der Waals surface area contributed by atoms with Crippen molar-refractivity contribution in [2.24, 2.45) is 0 Å². The number of alkyl carbamates (subject to hydrolysis) is 1. The predicted molar refractivity (Wildman–Crippen MR) is 129 cm³/mol. The highest BCUT2D eigenvalue weighted by Gasteiger charge is 2.24. The Morgan fingerprint density at radius 3 is 2.47 bits per heavy atom. The van der Waals surface area contributed by atoms with Gasteiger partial charge >= 0.3 is 6.09 Å². The lowest BCUT2D eigenvalue weighted by atomic mass is 10.1. The van der Waals surface area contributed by atoms with E-state index < -0.39 is 27.8 Å². The molecule has 1 N–H and O–H groups in total. The highest BCUT2D eigenvalue weighted by molar-refractivity contribution is 9.10. The van der Waals surface area contributed by atoms with Crippen LogP contribution < -0.4 is 5.32 Å². The van der Waals surface area contributed by atoms with Crippen LogP contribution >= 0.6 is 15.9 Å². The van der Waals surface area contributed by atoms with Gasteiger partial charge in [-0.2, -0.15) is 0 Å². The van der Waals surface area contributed by atoms with Crippen molar-refractivity contribution in [3.63, 3.8) is 0 Å². The summed E-state index contributed by atoms with van der Waals surface area (Å²) in [6.45, 7) is 7.18. The van der Waals surface area contributed by atoms with Gasteiger partial charge in [-0.1, -0.05) is 45.6 Å². The van der Waals surface area contributed by atoms with E-state index in [1.165, 1.54) is 3.97 Å². The standard InChI is InChI=1S/C24H25BrN2O4S/c1-6-18(26-23(28)31-24(3,4)5)14-17-15-27(21-9-7-8-20(25)22(17)21)32(29,30)19-12-10-16(2)11-13-19/h1,7-13,15,18H,14H2,2-5H3,(H,26,28)/t18-/m0/s1. The van der Waals surface area contributed by atoms with Crippen molar-refractivity contribution in [3.05, 3.63) is 64.3 Å². The minimum atomic E-state index is -3.84. The van der Waals surface area contributed by atoms with Gasteiger partial charge in [0.25, 0.3) is 10.0 Å². The molecule has 0 saturated carbocycles. The average Bonchev–Trinajstić information content (AvgIpc) is 3.07. The first-order valence-corrected chi connectivity index (χ1v) is 12.2. The lowest BCUT2D eigenvalue weighted by Gasteiger charge is -2.21. The van der Waals surface area contributed by atoms with Crippen molar-refractivity contribution in [1.82, 2.24) is 9.29 Å². The molecule has 0 unspecified atom stereocenters. The van der Waals surface area contributed by atoms with Crippen LogP contribution in [0.4, 0.5) is 4.79 Å². The van der Waals surface area contributed by atoms with Crippen molar-refractivity contribution in [2.75, 3.05) is 0 Å². The van der Waals surface area contributed by atoms with Crippen LogP contribution in [0, 0.1) is 19.3 Å². The summed E-state index contributed by atoms with van der Waals surface area (Å²) in [5, 5.41) is 3.39. The number of hydrogen-bond acceptors (Lipinski definition) is 4. The summed E-state index contributed by atoms with van der Waals surface area (Å²) in [4.78, 5) is 12.4. The number of aromatic nitrogens is 1. The number of amides is 1. The maximum atomic E-state index is 13.4. The molecule has 0 fully saturated rings. The van der Waals surface area contributed by atoms with Crippen molar-refractivity contribution < 1.29 is 17.9 Å². The van der Waals surface area contributed by atoms with E-state index in [9.17, 15) is 13.2 Å². The van der Waals surface area contributed by atoms with Crippen molar-refractivity contribution >= 4 is 42.9 Å². The molecule has 6 nitrogen and oxygen atoms in total. The van der Waals surface area contributed by atoms with E-state index in [1.54, 1.807) is 63.4 Å². The summed E-state index contributed by atoms with van der Waals surface area (Å²) in [6.07, 6.45) is 6.82. The average molecular weight is 517 g/mol. The van der Waals surface area contributed by atoms with Gasteiger partial charge in [-0.25, -0.2) is 17.2 Å². The number of ether oxygens (including phenoxy) is 1. The third-order valence-electron chi connectivity index (χ3n) is 4.72. The summed E-state index contributed by atoms with van der Waals surface area (Å²) in [5.41, 5.74) is 1.50. The molecule has 0 bridgehead atoms. The first kappa shape index (κ1) is 23.9. The van der Waals surface area contributed by atoms with Crippen LogP contribution in [0.1, 0.15) is 31.9 Å². The van der Waals surface area contributed by atoms with E-state index in [-0.39, 0.29) is 11.3 Å². The molecule has 3 aromatic rings. The number of aryl methyl sites for hydroxylation is 1. The van der Waals surface area contributed by atoms with Crippen molar-refractivity contribution in [1.29, 1.82) is 0 Å². The molecule has 168 valence electrons. The molecule has 1 aromatic heterocycles. The number of halogens is 1. The van der Waals surface area contributed by atoms with Crippen LogP contribution in [0.25, 0.3) is 10.9 Å². The largest absolute Gasteiger partial charge is 0.444 e. The van der Waals surface area contributed by atoms with E-state index in [0.29, 0.717) is 11.1 Å². The van der Waals surface area contributed by atoms with Gasteiger partial charge in [0, 0.05) is 22.5 Å². The Balaban J connectivity index is 2.03. The van der Waals surface area contributed by atoms with Gasteiger partial charge in [-0.3, -0.25) is 0 Å². The molecule has 0 aliphatic carbocycles. The molecule has 0 spiro atoms. The van der Waals surface area contributed by atoms with Crippen LogP contribution in [0.2, 0.25) is 0 Å². The van der Waals surface area contributed by atoms with Gasteiger partial charge in [0.15, 0.2) is 0 Å². The molecule has 1 amide bonds. The Morgan fingerprint density at radius 1 is 1.22 bits per heavy atom. The van der Waals surface area contributed by atoms with Crippen LogP contribution in [0.3, 0.4) is 0 Å². The Kier molecular flexibility index (Phi) is 6.72. The monoisotopic (exact) mass is 516 g/mol. The highest BCUT2D eigenvalue weighted by atomic mass is 79.9. The Morgan fingerprint density at radius 2 is 1.88 bits per heavy atom. The Bertz CT molecular complexity index is 1300. The summed E-state index contributed by atoms with van der Waals surface area (Å²) in [6, 6.07) is 11.4. The molecule has 1 atom stereocenters. The fourth-order valence-corrected chi connectivity index (χ4v) is 5.28. The van der Waals surface area contributed by atoms with E-state index in [1.807, 2.05) is 13.0 Å². The number of hydrogen-bond donors (Lipinski definition) is 1. The summed E-state index contributed by atoms with van der Waals surface area (Å²) >= 11 is 3.52. The van der Waals surface area contributed by atoms with Gasteiger partial charge in [0.1, 0.15) is 5.60 Å². The number of carbonyl (C=O) groups is 1. The third-order valence-corrected chi connectivity index (χ3v) is 7.07. The molecule has 0 aliphatic rings. The molecule has 0 radical (unpaired) electrons. The second kappa shape index (κ2) is 9.00. The lowest BCUT2D eigenvalue weighted by molar-refractivity contribution is 0.0516. The number of terminal acetylenes is 1. The molecule has 0 saturated heterocycles. The molecule has 2 aromatic carbocycles. The van der Waals surface area contributed by atoms with Crippen molar-refractivity contribution in [3.8, 4) is 12.3 Å². The topological polar surface area (TPSA) is 77.4 Å². The second-order valence-corrected chi connectivity index (χ2v) is 11.1. The van der Waals surface area contributed by atoms with Crippen LogP contribution in [-0.2, 0) is 21.2 Å². The quantitative estimate of drug-likeness (QED) is 0.483. The number of fused-ring (bicyclic) bond motifs is 1. The Labute approximate surface area is 197 Å². The lowest BCUT2D eigenvalue weighted by Crippen LogP contribution is -2.39. The number of nitrogens with one attached hydrogen (secondary N) is 1. The zero-order valence-electron chi connectivity index (χ0n) is 18.3. The number of benzene rings is 2. The minimum Gasteiger partial charge on any atom is -0.444 e. The predicted octanol–water partition coefficient (Wildman–Crippen LogP) is 5.02. The molecule has 32 heavy (non-hydrogen) atoms. The number of carbonyl (C=O) groups excluding carboxylic acids is 1. The van der Waals surface area contributed by atoms with Gasteiger partial charge in [-0.15, -0.1) is 6.42 Å². The fraction of sp³-hybridized carbons (Fsp3) is 0.292. The number of nitrogens with zero attached hydrogens (tertiary/aromatic N) is 1. The maximum absolute atomic E-state index is 13.4. The summed E-state index contributed by atoms with van der Waals surface area (Å²) in [5.74, 6) is 2.55. The van der Waals surface area contributed by atoms with E-state index >= 15 is 0 Å². The molecule has 0 aliphatic heterocycles. The van der Waals surface area contributed by atoms with Gasteiger partial charge in [0.2, 0.25) is 0 Å². The zero-order valence-corrected chi connectivity index (χ0v) is 20.7. The first-order chi connectivity index (χ1) is 14.9.